The van der Waals surface area contributed by atoms with Crippen molar-refractivity contribution in [2.75, 3.05) is 10.6 Å². The monoisotopic (exact) mass is 341 g/mol. The zero-order valence-corrected chi connectivity index (χ0v) is 12.9. The van der Waals surface area contributed by atoms with Gasteiger partial charge in [-0.15, -0.1) is 0 Å². The Bertz CT molecular complexity index is 852. The zero-order chi connectivity index (χ0) is 17.6. The molecule has 8 heteroatoms. The molecule has 0 aliphatic rings. The minimum Gasteiger partial charge on any atom is -0.363 e. The highest BCUT2D eigenvalue weighted by Gasteiger charge is 2.14. The first kappa shape index (κ1) is 16.4. The van der Waals surface area contributed by atoms with Gasteiger partial charge in [0.2, 0.25) is 0 Å². The number of carbonyl (C=O) groups excluding carboxylic acids is 1. The number of carbonyl (C=O) groups is 1. The van der Waals surface area contributed by atoms with Crippen LogP contribution in [0.5, 0.6) is 0 Å². The predicted molar refractivity (Wildman–Crippen MR) is 87.9 cm³/mol. The summed E-state index contributed by atoms with van der Waals surface area (Å²) in [6.07, 6.45) is 4.25. The van der Waals surface area contributed by atoms with Crippen LogP contribution < -0.4 is 10.6 Å². The molecule has 0 spiro atoms. The van der Waals surface area contributed by atoms with Gasteiger partial charge >= 0.3 is 0 Å². The fourth-order valence-electron chi connectivity index (χ4n) is 2.02. The van der Waals surface area contributed by atoms with E-state index in [0.717, 1.165) is 17.8 Å². The average molecular weight is 341 g/mol. The van der Waals surface area contributed by atoms with E-state index in [1.54, 1.807) is 6.20 Å². The SMILES string of the molecule is O=C(Nc1c(F)cccc1F)c1cnc(NCc2ccccn2)cn1. The summed E-state index contributed by atoms with van der Waals surface area (Å²) in [6.45, 7) is 0.446. The molecule has 3 aromatic rings. The molecule has 0 radical (unpaired) electrons. The maximum atomic E-state index is 13.5. The Kier molecular flexibility index (Phi) is 4.89. The molecule has 2 aromatic heterocycles. The summed E-state index contributed by atoms with van der Waals surface area (Å²) in [6, 6.07) is 8.84. The van der Waals surface area contributed by atoms with Crippen molar-refractivity contribution < 1.29 is 13.6 Å². The molecule has 126 valence electrons. The normalized spacial score (nSPS) is 10.3. The van der Waals surface area contributed by atoms with Crippen molar-refractivity contribution in [3.05, 3.63) is 78.0 Å². The third-order valence-corrected chi connectivity index (χ3v) is 3.26. The first-order valence-corrected chi connectivity index (χ1v) is 7.34. The lowest BCUT2D eigenvalue weighted by molar-refractivity contribution is 0.102. The van der Waals surface area contributed by atoms with Gasteiger partial charge in [-0.1, -0.05) is 12.1 Å². The minimum atomic E-state index is -0.866. The summed E-state index contributed by atoms with van der Waals surface area (Å²) < 4.78 is 27.1. The summed E-state index contributed by atoms with van der Waals surface area (Å²) in [5.41, 5.74) is 0.235. The second kappa shape index (κ2) is 7.43. The molecule has 0 aliphatic heterocycles. The van der Waals surface area contributed by atoms with E-state index in [9.17, 15) is 13.6 Å². The molecule has 0 saturated carbocycles. The van der Waals surface area contributed by atoms with Crippen molar-refractivity contribution in [1.29, 1.82) is 0 Å². The predicted octanol–water partition coefficient (Wildman–Crippen LogP) is 3.01. The smallest absolute Gasteiger partial charge is 0.276 e. The van der Waals surface area contributed by atoms with Gasteiger partial charge < -0.3 is 10.6 Å². The van der Waals surface area contributed by atoms with Gasteiger partial charge in [0.25, 0.3) is 5.91 Å². The lowest BCUT2D eigenvalue weighted by Crippen LogP contribution is -2.16. The molecule has 6 nitrogen and oxygen atoms in total. The number of halogens is 2. The van der Waals surface area contributed by atoms with E-state index in [4.69, 9.17) is 0 Å². The molecule has 1 aromatic carbocycles. The topological polar surface area (TPSA) is 79.8 Å². The fourth-order valence-corrected chi connectivity index (χ4v) is 2.02. The lowest BCUT2D eigenvalue weighted by atomic mass is 10.3. The summed E-state index contributed by atoms with van der Waals surface area (Å²) in [5.74, 6) is -2.04. The number of benzene rings is 1. The number of nitrogens with one attached hydrogen (secondary N) is 2. The fraction of sp³-hybridized carbons (Fsp3) is 0.0588. The number of hydrogen-bond donors (Lipinski definition) is 2. The van der Waals surface area contributed by atoms with Gasteiger partial charge in [0.1, 0.15) is 28.8 Å². The Hall–Kier alpha value is -3.42. The zero-order valence-electron chi connectivity index (χ0n) is 12.9. The number of anilines is 2. The van der Waals surface area contributed by atoms with Crippen LogP contribution in [0.15, 0.2) is 55.0 Å². The van der Waals surface area contributed by atoms with Gasteiger partial charge in [0, 0.05) is 6.20 Å². The van der Waals surface area contributed by atoms with Crippen LogP contribution in [0.2, 0.25) is 0 Å². The Morgan fingerprint density at radius 1 is 0.960 bits per heavy atom. The van der Waals surface area contributed by atoms with Crippen molar-refractivity contribution >= 4 is 17.4 Å². The van der Waals surface area contributed by atoms with Crippen LogP contribution in [0.25, 0.3) is 0 Å². The molecule has 1 amide bonds. The molecule has 0 fully saturated rings. The number of amides is 1. The number of nitrogens with zero attached hydrogens (tertiary/aromatic N) is 3. The van der Waals surface area contributed by atoms with E-state index in [1.807, 2.05) is 18.2 Å². The Labute approximate surface area is 142 Å². The van der Waals surface area contributed by atoms with Gasteiger partial charge in [0.05, 0.1) is 24.6 Å². The Balaban J connectivity index is 1.64. The van der Waals surface area contributed by atoms with Crippen LogP contribution in [-0.2, 0) is 6.54 Å². The summed E-state index contributed by atoms with van der Waals surface area (Å²) in [4.78, 5) is 24.2. The molecular weight excluding hydrogens is 328 g/mol. The molecular formula is C17H13F2N5O. The standard InChI is InChI=1S/C17H13F2N5O/c18-12-5-3-6-13(19)16(12)24-17(25)14-9-23-15(10-21-14)22-8-11-4-1-2-7-20-11/h1-7,9-10H,8H2,(H,22,23)(H,24,25). The third-order valence-electron chi connectivity index (χ3n) is 3.26. The second-order valence-corrected chi connectivity index (χ2v) is 5.01. The van der Waals surface area contributed by atoms with Crippen LogP contribution in [0.3, 0.4) is 0 Å². The number of pyridine rings is 1. The van der Waals surface area contributed by atoms with Crippen molar-refractivity contribution in [1.82, 2.24) is 15.0 Å². The highest BCUT2D eigenvalue weighted by molar-refractivity contribution is 6.02. The first-order valence-electron chi connectivity index (χ1n) is 7.34. The molecule has 0 bridgehead atoms. The van der Waals surface area contributed by atoms with Crippen molar-refractivity contribution in [3.63, 3.8) is 0 Å². The molecule has 2 heterocycles. The summed E-state index contributed by atoms with van der Waals surface area (Å²) in [5, 5.41) is 5.16. The quantitative estimate of drug-likeness (QED) is 0.746. The van der Waals surface area contributed by atoms with Crippen LogP contribution in [-0.4, -0.2) is 20.9 Å². The molecule has 2 N–H and O–H groups in total. The highest BCUT2D eigenvalue weighted by Crippen LogP contribution is 2.18. The number of rotatable bonds is 5. The Morgan fingerprint density at radius 2 is 1.76 bits per heavy atom. The molecule has 0 aliphatic carbocycles. The van der Waals surface area contributed by atoms with E-state index >= 15 is 0 Å². The van der Waals surface area contributed by atoms with Gasteiger partial charge in [-0.05, 0) is 24.3 Å². The van der Waals surface area contributed by atoms with Crippen LogP contribution in [0, 0.1) is 11.6 Å². The largest absolute Gasteiger partial charge is 0.363 e. The summed E-state index contributed by atoms with van der Waals surface area (Å²) in [7, 11) is 0. The molecule has 3 rings (SSSR count). The lowest BCUT2D eigenvalue weighted by Gasteiger charge is -2.08. The van der Waals surface area contributed by atoms with Gasteiger partial charge in [0.15, 0.2) is 0 Å². The van der Waals surface area contributed by atoms with Gasteiger partial charge in [-0.2, -0.15) is 0 Å². The highest BCUT2D eigenvalue weighted by atomic mass is 19.1. The Morgan fingerprint density at radius 3 is 2.40 bits per heavy atom. The molecule has 0 unspecified atom stereocenters. The summed E-state index contributed by atoms with van der Waals surface area (Å²) >= 11 is 0. The van der Waals surface area contributed by atoms with Crippen molar-refractivity contribution in [2.24, 2.45) is 0 Å². The number of para-hydroxylation sites is 1. The van der Waals surface area contributed by atoms with Gasteiger partial charge in [-0.3, -0.25) is 9.78 Å². The van der Waals surface area contributed by atoms with E-state index in [1.165, 1.54) is 18.5 Å². The van der Waals surface area contributed by atoms with E-state index in [0.29, 0.717) is 12.4 Å². The van der Waals surface area contributed by atoms with Crippen molar-refractivity contribution in [2.45, 2.75) is 6.54 Å². The average Bonchev–Trinajstić information content (AvgIpc) is 2.64. The van der Waals surface area contributed by atoms with Crippen LogP contribution in [0.4, 0.5) is 20.3 Å². The maximum Gasteiger partial charge on any atom is 0.276 e. The second-order valence-electron chi connectivity index (χ2n) is 5.01. The molecule has 0 saturated heterocycles. The third kappa shape index (κ3) is 4.11. The van der Waals surface area contributed by atoms with E-state index < -0.39 is 23.2 Å². The van der Waals surface area contributed by atoms with Crippen molar-refractivity contribution in [3.8, 4) is 0 Å². The minimum absolute atomic E-state index is 0.0639. The van der Waals surface area contributed by atoms with E-state index in [-0.39, 0.29) is 5.69 Å². The number of hydrogen-bond acceptors (Lipinski definition) is 5. The first-order chi connectivity index (χ1) is 12.1. The van der Waals surface area contributed by atoms with Gasteiger partial charge in [-0.25, -0.2) is 18.7 Å². The van der Waals surface area contributed by atoms with Crippen LogP contribution in [0.1, 0.15) is 16.2 Å². The molecule has 25 heavy (non-hydrogen) atoms. The van der Waals surface area contributed by atoms with Crippen LogP contribution >= 0.6 is 0 Å². The van der Waals surface area contributed by atoms with E-state index in [2.05, 4.69) is 25.6 Å². The number of aromatic nitrogens is 3. The molecule has 0 atom stereocenters. The maximum absolute atomic E-state index is 13.5.